The fourth-order valence-corrected chi connectivity index (χ4v) is 2.99. The number of guanidine groups is 1. The van der Waals surface area contributed by atoms with Crippen LogP contribution in [0.3, 0.4) is 0 Å². The van der Waals surface area contributed by atoms with E-state index in [9.17, 15) is 0 Å². The molecular weight excluding hydrogens is 258 g/mol. The molecule has 0 spiro atoms. The third-order valence-corrected chi connectivity index (χ3v) is 4.06. The van der Waals surface area contributed by atoms with Crippen LogP contribution < -0.4 is 10.6 Å². The first-order valence-electron chi connectivity index (χ1n) is 7.59. The van der Waals surface area contributed by atoms with Gasteiger partial charge in [-0.05, 0) is 54.5 Å². The highest BCUT2D eigenvalue weighted by atomic mass is 15.1. The number of para-hydroxylation sites is 1. The summed E-state index contributed by atoms with van der Waals surface area (Å²) >= 11 is 0. The van der Waals surface area contributed by atoms with Crippen molar-refractivity contribution in [1.82, 2.24) is 0 Å². The summed E-state index contributed by atoms with van der Waals surface area (Å²) in [5.41, 5.74) is 6.08. The Labute approximate surface area is 125 Å². The number of fused-ring (bicyclic) bond motifs is 1. The Bertz CT molecular complexity index is 661. The second-order valence-corrected chi connectivity index (χ2v) is 5.43. The molecule has 2 aromatic rings. The molecule has 21 heavy (non-hydrogen) atoms. The van der Waals surface area contributed by atoms with Crippen LogP contribution in [-0.4, -0.2) is 5.96 Å². The number of hydrogen-bond acceptors (Lipinski definition) is 1. The maximum atomic E-state index is 8.18. The van der Waals surface area contributed by atoms with Crippen molar-refractivity contribution in [2.24, 2.45) is 0 Å². The van der Waals surface area contributed by atoms with E-state index in [1.54, 1.807) is 0 Å². The molecule has 0 saturated heterocycles. The summed E-state index contributed by atoms with van der Waals surface area (Å²) < 4.78 is 0. The lowest BCUT2D eigenvalue weighted by Crippen LogP contribution is -2.22. The van der Waals surface area contributed by atoms with Crippen LogP contribution in [0.5, 0.6) is 0 Å². The van der Waals surface area contributed by atoms with E-state index in [1.807, 2.05) is 18.2 Å². The average Bonchev–Trinajstić information content (AvgIpc) is 2.97. The van der Waals surface area contributed by atoms with Crippen molar-refractivity contribution in [3.63, 3.8) is 0 Å². The number of anilines is 2. The van der Waals surface area contributed by atoms with Crippen LogP contribution in [0.1, 0.15) is 30.0 Å². The maximum absolute atomic E-state index is 8.18. The lowest BCUT2D eigenvalue weighted by Gasteiger charge is -2.15. The summed E-state index contributed by atoms with van der Waals surface area (Å²) in [7, 11) is 0. The highest BCUT2D eigenvalue weighted by Gasteiger charge is 2.15. The fourth-order valence-electron chi connectivity index (χ4n) is 2.99. The topological polar surface area (TPSA) is 47.9 Å². The number of hydrogen-bond donors (Lipinski definition) is 3. The van der Waals surface area contributed by atoms with Gasteiger partial charge >= 0.3 is 0 Å². The fraction of sp³-hybridized carbons (Fsp3) is 0.278. The lowest BCUT2D eigenvalue weighted by molar-refractivity contribution is 0.912. The Balaban J connectivity index is 1.74. The molecular formula is C18H21N3. The molecule has 0 radical (unpaired) electrons. The third-order valence-electron chi connectivity index (χ3n) is 4.06. The normalized spacial score (nSPS) is 12.8. The van der Waals surface area contributed by atoms with E-state index >= 15 is 0 Å². The Kier molecular flexibility index (Phi) is 3.91. The van der Waals surface area contributed by atoms with E-state index in [2.05, 4.69) is 41.8 Å². The standard InChI is InChI=1S/C18H21N3/c1-2-13-7-3-4-11-16(13)20-18(19)21-17-12-6-9-14-8-5-10-15(14)17/h3-4,6-7,9,11-12H,2,5,8,10H2,1H3,(H3,19,20,21). The Morgan fingerprint density at radius 3 is 2.62 bits per heavy atom. The molecule has 3 heteroatoms. The van der Waals surface area contributed by atoms with Gasteiger partial charge in [-0.1, -0.05) is 37.3 Å². The van der Waals surface area contributed by atoms with Gasteiger partial charge < -0.3 is 10.6 Å². The minimum absolute atomic E-state index is 0.330. The largest absolute Gasteiger partial charge is 0.326 e. The van der Waals surface area contributed by atoms with Crippen LogP contribution in [0.25, 0.3) is 0 Å². The zero-order valence-corrected chi connectivity index (χ0v) is 12.4. The number of rotatable bonds is 3. The minimum atomic E-state index is 0.330. The minimum Gasteiger partial charge on any atom is -0.326 e. The molecule has 0 aromatic heterocycles. The molecule has 0 unspecified atom stereocenters. The van der Waals surface area contributed by atoms with E-state index in [0.29, 0.717) is 5.96 Å². The van der Waals surface area contributed by atoms with E-state index in [-0.39, 0.29) is 0 Å². The first-order chi connectivity index (χ1) is 10.3. The highest BCUT2D eigenvalue weighted by Crippen LogP contribution is 2.28. The predicted octanol–water partition coefficient (Wildman–Crippen LogP) is 4.20. The van der Waals surface area contributed by atoms with Gasteiger partial charge in [-0.25, -0.2) is 0 Å². The van der Waals surface area contributed by atoms with Gasteiger partial charge in [0.2, 0.25) is 0 Å². The summed E-state index contributed by atoms with van der Waals surface area (Å²) in [5.74, 6) is 0.330. The molecule has 1 aliphatic carbocycles. The van der Waals surface area contributed by atoms with Crippen LogP contribution in [0, 0.1) is 5.41 Å². The molecule has 2 aromatic carbocycles. The molecule has 3 N–H and O–H groups in total. The number of nitrogens with one attached hydrogen (secondary N) is 3. The summed E-state index contributed by atoms with van der Waals surface area (Å²) in [5, 5.41) is 14.6. The van der Waals surface area contributed by atoms with Crippen LogP contribution in [-0.2, 0) is 19.3 Å². The van der Waals surface area contributed by atoms with Crippen molar-refractivity contribution in [2.45, 2.75) is 32.6 Å². The molecule has 3 rings (SSSR count). The third kappa shape index (κ3) is 2.92. The summed E-state index contributed by atoms with van der Waals surface area (Å²) in [6, 6.07) is 14.5. The van der Waals surface area contributed by atoms with Gasteiger partial charge in [0.15, 0.2) is 5.96 Å². The van der Waals surface area contributed by atoms with Gasteiger partial charge in [-0.15, -0.1) is 0 Å². The van der Waals surface area contributed by atoms with Gasteiger partial charge in [0.05, 0.1) is 0 Å². The Hall–Kier alpha value is -2.29. The van der Waals surface area contributed by atoms with Gasteiger partial charge in [0.1, 0.15) is 0 Å². The molecule has 3 nitrogen and oxygen atoms in total. The Morgan fingerprint density at radius 2 is 1.76 bits per heavy atom. The van der Waals surface area contributed by atoms with Crippen LogP contribution in [0.15, 0.2) is 42.5 Å². The van der Waals surface area contributed by atoms with Crippen molar-refractivity contribution in [3.8, 4) is 0 Å². The van der Waals surface area contributed by atoms with Crippen molar-refractivity contribution < 1.29 is 0 Å². The SMILES string of the molecule is CCc1ccccc1NC(=N)Nc1cccc2c1CCC2. The van der Waals surface area contributed by atoms with Gasteiger partial charge in [-0.3, -0.25) is 5.41 Å². The van der Waals surface area contributed by atoms with Gasteiger partial charge in [0.25, 0.3) is 0 Å². The molecule has 108 valence electrons. The first kappa shape index (κ1) is 13.7. The van der Waals surface area contributed by atoms with Gasteiger partial charge in [-0.2, -0.15) is 0 Å². The molecule has 0 saturated carbocycles. The molecule has 0 aliphatic heterocycles. The maximum Gasteiger partial charge on any atom is 0.197 e. The van der Waals surface area contributed by atoms with E-state index < -0.39 is 0 Å². The summed E-state index contributed by atoms with van der Waals surface area (Å²) in [6.45, 7) is 2.13. The van der Waals surface area contributed by atoms with Crippen molar-refractivity contribution >= 4 is 17.3 Å². The van der Waals surface area contributed by atoms with Crippen molar-refractivity contribution in [3.05, 3.63) is 59.2 Å². The summed E-state index contributed by atoms with van der Waals surface area (Å²) in [6.07, 6.45) is 4.44. The smallest absolute Gasteiger partial charge is 0.197 e. The van der Waals surface area contributed by atoms with E-state index in [4.69, 9.17) is 5.41 Å². The van der Waals surface area contributed by atoms with Crippen molar-refractivity contribution in [1.29, 1.82) is 5.41 Å². The average molecular weight is 279 g/mol. The van der Waals surface area contributed by atoms with Crippen LogP contribution in [0.4, 0.5) is 11.4 Å². The second kappa shape index (κ2) is 6.00. The highest BCUT2D eigenvalue weighted by molar-refractivity contribution is 6.02. The quantitative estimate of drug-likeness (QED) is 0.582. The monoisotopic (exact) mass is 279 g/mol. The van der Waals surface area contributed by atoms with E-state index in [0.717, 1.165) is 30.6 Å². The number of aryl methyl sites for hydroxylation is 2. The molecule has 1 aliphatic rings. The number of benzene rings is 2. The van der Waals surface area contributed by atoms with Crippen LogP contribution >= 0.6 is 0 Å². The zero-order valence-electron chi connectivity index (χ0n) is 12.4. The lowest BCUT2D eigenvalue weighted by atomic mass is 10.1. The van der Waals surface area contributed by atoms with Crippen molar-refractivity contribution in [2.75, 3.05) is 10.6 Å². The Morgan fingerprint density at radius 1 is 1.00 bits per heavy atom. The zero-order chi connectivity index (χ0) is 14.7. The van der Waals surface area contributed by atoms with E-state index in [1.165, 1.54) is 23.1 Å². The molecule has 0 heterocycles. The molecule has 0 bridgehead atoms. The second-order valence-electron chi connectivity index (χ2n) is 5.43. The molecule has 0 fully saturated rings. The predicted molar refractivity (Wildman–Crippen MR) is 89.3 cm³/mol. The molecule has 0 atom stereocenters. The van der Waals surface area contributed by atoms with Crippen LogP contribution in [0.2, 0.25) is 0 Å². The molecule has 0 amide bonds. The first-order valence-corrected chi connectivity index (χ1v) is 7.59. The van der Waals surface area contributed by atoms with Gasteiger partial charge in [0, 0.05) is 11.4 Å². The summed E-state index contributed by atoms with van der Waals surface area (Å²) in [4.78, 5) is 0.